The Labute approximate surface area is 190 Å². The number of halogens is 2. The Morgan fingerprint density at radius 2 is 1.53 bits per heavy atom. The highest BCUT2D eigenvalue weighted by atomic mass is 19.3. The van der Waals surface area contributed by atoms with Crippen molar-refractivity contribution in [1.82, 2.24) is 9.55 Å². The zero-order valence-corrected chi connectivity index (χ0v) is 17.4. The zero-order chi connectivity index (χ0) is 24.3. The fourth-order valence-corrected chi connectivity index (χ4v) is 3.43. The van der Waals surface area contributed by atoms with Crippen molar-refractivity contribution in [2.24, 2.45) is 0 Å². The molecule has 176 valence electrons. The van der Waals surface area contributed by atoms with Crippen molar-refractivity contribution in [3.63, 3.8) is 0 Å². The van der Waals surface area contributed by atoms with E-state index in [1.54, 1.807) is 24.3 Å². The third-order valence-corrected chi connectivity index (χ3v) is 5.09. The molecule has 1 saturated heterocycles. The molecule has 2 heterocycles. The number of aromatic nitrogens is 2. The van der Waals surface area contributed by atoms with Gasteiger partial charge in [-0.1, -0.05) is 36.4 Å². The zero-order valence-electron chi connectivity index (χ0n) is 17.4. The topological polar surface area (TPSA) is 117 Å². The van der Waals surface area contributed by atoms with Gasteiger partial charge in [0.25, 0.3) is 5.56 Å². The van der Waals surface area contributed by atoms with Crippen LogP contribution in [0.4, 0.5) is 8.78 Å². The number of carbonyl (C=O) groups is 2. The fourth-order valence-electron chi connectivity index (χ4n) is 3.43. The molecule has 2 aromatic carbocycles. The van der Waals surface area contributed by atoms with E-state index in [0.29, 0.717) is 4.57 Å². The van der Waals surface area contributed by atoms with Crippen LogP contribution in [0.1, 0.15) is 26.9 Å². The third-order valence-electron chi connectivity index (χ3n) is 5.09. The lowest BCUT2D eigenvalue weighted by molar-refractivity contribution is -0.142. The number of esters is 2. The highest BCUT2D eigenvalue weighted by Gasteiger charge is 2.62. The van der Waals surface area contributed by atoms with E-state index < -0.39 is 54.2 Å². The van der Waals surface area contributed by atoms with Gasteiger partial charge >= 0.3 is 23.6 Å². The van der Waals surface area contributed by atoms with Crippen LogP contribution in [0.3, 0.4) is 0 Å². The smallest absolute Gasteiger partial charge is 0.338 e. The maximum atomic E-state index is 15.4. The van der Waals surface area contributed by atoms with Gasteiger partial charge in [-0.2, -0.15) is 8.78 Å². The predicted molar refractivity (Wildman–Crippen MR) is 113 cm³/mol. The molecule has 4 rings (SSSR count). The molecule has 0 spiro atoms. The van der Waals surface area contributed by atoms with Gasteiger partial charge in [0.05, 0.1) is 11.1 Å². The Morgan fingerprint density at radius 3 is 2.12 bits per heavy atom. The van der Waals surface area contributed by atoms with Crippen molar-refractivity contribution in [1.29, 1.82) is 0 Å². The standard InChI is InChI=1S/C23H18F2N2O7/c24-23(25)18(34-20(30)15-9-5-2-6-10-15)16(13-32-19(29)14-7-3-1-4-8-14)33-21(23)27-12-11-17(28)26-22(27)31/h1-12,16,18,21H,13H2,(H,26,28,31)/t16-,18+,21-/m1/s1/i22+1,26+1,27+1. The molecule has 1 fully saturated rings. The van der Waals surface area contributed by atoms with Gasteiger partial charge < -0.3 is 14.2 Å². The molecule has 34 heavy (non-hydrogen) atoms. The number of benzene rings is 2. The van der Waals surface area contributed by atoms with Crippen LogP contribution in [-0.4, -0.2) is 46.2 Å². The van der Waals surface area contributed by atoms with Crippen LogP contribution in [0, 0.1) is 0 Å². The van der Waals surface area contributed by atoms with Crippen LogP contribution in [0.2, 0.25) is 0 Å². The van der Waals surface area contributed by atoms with Crippen molar-refractivity contribution in [2.75, 3.05) is 6.61 Å². The quantitative estimate of drug-likeness (QED) is 0.543. The second-order valence-corrected chi connectivity index (χ2v) is 7.38. The van der Waals surface area contributed by atoms with Gasteiger partial charge in [0, 0.05) is 12.3 Å². The first-order valence-electron chi connectivity index (χ1n) is 10.1. The Morgan fingerprint density at radius 1 is 0.941 bits per heavy atom. The van der Waals surface area contributed by atoms with E-state index in [1.807, 2.05) is 4.98 Å². The minimum absolute atomic E-state index is 0.0167. The Balaban J connectivity index is 1.62. The van der Waals surface area contributed by atoms with Gasteiger partial charge in [-0.25, -0.2) is 14.4 Å². The van der Waals surface area contributed by atoms with E-state index in [2.05, 4.69) is 0 Å². The summed E-state index contributed by atoms with van der Waals surface area (Å²) in [5.74, 6) is -5.77. The van der Waals surface area contributed by atoms with Crippen LogP contribution in [0.5, 0.6) is 0 Å². The third kappa shape index (κ3) is 4.64. The fraction of sp³-hybridized carbons (Fsp3) is 0.217. The van der Waals surface area contributed by atoms with E-state index in [-0.39, 0.29) is 11.1 Å². The number of aromatic amines is 1. The minimum Gasteiger partial charge on any atom is -0.459 e. The summed E-state index contributed by atoms with van der Waals surface area (Å²) in [6.45, 7) is -0.690. The van der Waals surface area contributed by atoms with E-state index in [9.17, 15) is 19.2 Å². The molecule has 1 aromatic heterocycles. The van der Waals surface area contributed by atoms with Crippen molar-refractivity contribution in [2.45, 2.75) is 24.4 Å². The van der Waals surface area contributed by atoms with Gasteiger partial charge in [0.1, 0.15) is 12.7 Å². The number of H-pyrrole nitrogens is 1. The number of ether oxygens (including phenoxy) is 3. The van der Waals surface area contributed by atoms with Crippen LogP contribution in [0.15, 0.2) is 82.5 Å². The SMILES string of the molecule is O=C(OC[C@H]1O[C@@H]([15n]2ccc(=O)[15nH][13c]2=O)C(F)(F)[C@H]1OC(=O)c1ccccc1)c1ccccc1. The normalized spacial score (nSPS) is 21.1. The van der Waals surface area contributed by atoms with E-state index in [0.717, 1.165) is 12.3 Å². The molecule has 9 nitrogen and oxygen atoms in total. The molecular formula is C23H18F2N2O7. The molecule has 0 saturated carbocycles. The van der Waals surface area contributed by atoms with Gasteiger partial charge in [0.2, 0.25) is 6.23 Å². The molecule has 1 aliphatic heterocycles. The number of nitrogens with one attached hydrogen (secondary N) is 1. The molecule has 0 aliphatic carbocycles. The second-order valence-electron chi connectivity index (χ2n) is 7.38. The summed E-state index contributed by atoms with van der Waals surface area (Å²) in [6, 6.07) is 16.1. The molecule has 1 aliphatic rings. The van der Waals surface area contributed by atoms with E-state index in [1.165, 1.54) is 36.4 Å². The number of hydrogen-bond donors (Lipinski definition) is 1. The van der Waals surface area contributed by atoms with Gasteiger partial charge in [-0.3, -0.25) is 14.3 Å². The summed E-state index contributed by atoms with van der Waals surface area (Å²) >= 11 is 0. The van der Waals surface area contributed by atoms with Gasteiger partial charge in [0.15, 0.2) is 6.10 Å². The van der Waals surface area contributed by atoms with Gasteiger partial charge in [-0.05, 0) is 24.3 Å². The lowest BCUT2D eigenvalue weighted by atomic mass is 10.1. The predicted octanol–water partition coefficient (Wildman–Crippen LogP) is 2.15. The first-order valence-corrected chi connectivity index (χ1v) is 10.1. The maximum Gasteiger partial charge on any atom is 0.338 e. The summed E-state index contributed by atoms with van der Waals surface area (Å²) in [6.07, 6.45) is -5.20. The molecule has 0 amide bonds. The van der Waals surface area contributed by atoms with Crippen LogP contribution < -0.4 is 11.2 Å². The molecule has 3 aromatic rings. The number of alkyl halides is 2. The van der Waals surface area contributed by atoms with Crippen LogP contribution in [-0.2, 0) is 14.2 Å². The summed E-state index contributed by atoms with van der Waals surface area (Å²) in [7, 11) is 0. The molecule has 0 bridgehead atoms. The van der Waals surface area contributed by atoms with Crippen LogP contribution in [0.25, 0.3) is 0 Å². The second kappa shape index (κ2) is 9.40. The van der Waals surface area contributed by atoms with Crippen LogP contribution >= 0.6 is 0 Å². The number of hydrogen-bond acceptors (Lipinski definition) is 7. The minimum atomic E-state index is -3.92. The molecule has 0 radical (unpaired) electrons. The summed E-state index contributed by atoms with van der Waals surface area (Å²) in [5.41, 5.74) is -1.74. The number of rotatable bonds is 6. The highest BCUT2D eigenvalue weighted by molar-refractivity contribution is 5.90. The van der Waals surface area contributed by atoms with E-state index >= 15 is 8.78 Å². The van der Waals surface area contributed by atoms with Crippen molar-refractivity contribution in [3.05, 3.63) is 105 Å². The molecule has 1 N–H and O–H groups in total. The largest absolute Gasteiger partial charge is 0.459 e. The van der Waals surface area contributed by atoms with Crippen molar-refractivity contribution in [3.8, 4) is 0 Å². The number of carbonyl (C=O) groups excluding carboxylic acids is 2. The molecule has 3 atom stereocenters. The Kier molecular flexibility index (Phi) is 6.37. The monoisotopic (exact) mass is 475 g/mol. The summed E-state index contributed by atoms with van der Waals surface area (Å²) < 4.78 is 46.9. The molecule has 0 unspecified atom stereocenters. The summed E-state index contributed by atoms with van der Waals surface area (Å²) in [5, 5.41) is 0. The lowest BCUT2D eigenvalue weighted by Gasteiger charge is -2.24. The Hall–Kier alpha value is -4.12. The molecule has 11 heteroatoms. The van der Waals surface area contributed by atoms with Crippen molar-refractivity contribution >= 4 is 11.9 Å². The van der Waals surface area contributed by atoms with Gasteiger partial charge in [-0.15, -0.1) is 0 Å². The molecular weight excluding hydrogens is 457 g/mol. The number of nitrogens with zero attached hydrogens (tertiary/aromatic N) is 1. The average molecular weight is 475 g/mol. The summed E-state index contributed by atoms with van der Waals surface area (Å²) in [4.78, 5) is 50.1. The Bertz CT molecular complexity index is 1290. The highest BCUT2D eigenvalue weighted by Crippen LogP contribution is 2.44. The van der Waals surface area contributed by atoms with Crippen molar-refractivity contribution < 1.29 is 32.6 Å². The first kappa shape index (κ1) is 23.1. The average Bonchev–Trinajstić information content (AvgIpc) is 3.08. The van der Waals surface area contributed by atoms with E-state index in [4.69, 9.17) is 14.2 Å². The maximum absolute atomic E-state index is 15.4. The first-order chi connectivity index (χ1) is 16.3. The lowest BCUT2D eigenvalue weighted by Crippen LogP contribution is -2.45.